The third-order valence-electron chi connectivity index (χ3n) is 15.8. The summed E-state index contributed by atoms with van der Waals surface area (Å²) in [6.45, 7) is 11.3. The molecule has 388 valence electrons. The number of phenols is 1. The van der Waals surface area contributed by atoms with Crippen LogP contribution < -0.4 is 0 Å². The summed E-state index contributed by atoms with van der Waals surface area (Å²) in [6, 6.07) is 79.3. The van der Waals surface area contributed by atoms with Gasteiger partial charge in [-0.3, -0.25) is 9.55 Å². The van der Waals surface area contributed by atoms with Gasteiger partial charge in [-0.1, -0.05) is 241 Å². The number of aromatic hydroxyl groups is 1. The van der Waals surface area contributed by atoms with E-state index in [0.717, 1.165) is 109 Å². The van der Waals surface area contributed by atoms with Crippen LogP contribution in [0.1, 0.15) is 85.3 Å². The molecular weight excluding hydrogens is 1130 g/mol. The van der Waals surface area contributed by atoms with Crippen molar-refractivity contribution in [3.63, 3.8) is 0 Å². The molecule has 0 aliphatic heterocycles. The second kappa shape index (κ2) is 21.8. The molecule has 5 heteroatoms. The van der Waals surface area contributed by atoms with Gasteiger partial charge in [0.2, 0.25) is 0 Å². The number of phenolic OH excluding ortho intramolecular Hbond substituents is 1. The fraction of sp³-hybridized carbons (Fsp3) is 0.178. The Morgan fingerprint density at radius 3 is 1.81 bits per heavy atom. The molecule has 0 spiro atoms. The molecule has 9 aromatic carbocycles. The first kappa shape index (κ1) is 49.6. The van der Waals surface area contributed by atoms with E-state index in [4.69, 9.17) is 9.97 Å². The Morgan fingerprint density at radius 1 is 0.526 bits per heavy atom. The zero-order valence-corrected chi connectivity index (χ0v) is 47.1. The van der Waals surface area contributed by atoms with Crippen LogP contribution in [0.2, 0.25) is 0 Å². The van der Waals surface area contributed by atoms with Crippen LogP contribution in [-0.4, -0.2) is 19.6 Å². The van der Waals surface area contributed by atoms with Crippen molar-refractivity contribution in [1.29, 1.82) is 0 Å². The normalized spacial score (nSPS) is 13.5. The molecule has 1 N–H and O–H groups in total. The van der Waals surface area contributed by atoms with Crippen LogP contribution in [0.25, 0.3) is 95.0 Å². The van der Waals surface area contributed by atoms with E-state index in [0.29, 0.717) is 22.5 Å². The van der Waals surface area contributed by atoms with Crippen LogP contribution in [0.15, 0.2) is 225 Å². The van der Waals surface area contributed by atoms with Crippen molar-refractivity contribution >= 4 is 11.0 Å². The number of para-hydroxylation sites is 1. The average Bonchev–Trinajstić information content (AvgIpc) is 4.18. The van der Waals surface area contributed by atoms with Gasteiger partial charge in [0, 0.05) is 52.2 Å². The fourth-order valence-corrected chi connectivity index (χ4v) is 11.3. The third kappa shape index (κ3) is 10.3. The van der Waals surface area contributed by atoms with E-state index in [1.54, 1.807) is 0 Å². The Balaban J connectivity index is 0.00000675. The van der Waals surface area contributed by atoms with Crippen molar-refractivity contribution in [2.24, 2.45) is 5.92 Å². The largest absolute Gasteiger partial charge is 0.507 e. The molecule has 2 aromatic heterocycles. The molecular formula is C73H64N3OPt-. The van der Waals surface area contributed by atoms with E-state index >= 15 is 0 Å². The molecule has 1 fully saturated rings. The number of hydrogen-bond acceptors (Lipinski definition) is 3. The van der Waals surface area contributed by atoms with Gasteiger partial charge in [0.05, 0.1) is 22.3 Å². The van der Waals surface area contributed by atoms with E-state index < -0.39 is 6.37 Å². The summed E-state index contributed by atoms with van der Waals surface area (Å²) < 4.78 is 21.4. The van der Waals surface area contributed by atoms with E-state index in [2.05, 4.69) is 191 Å². The Bertz CT molecular complexity index is 4010. The standard InChI is InChI=1S/C73H64N3O.Pt/c1-72(2,3)61-44-57(42-58(45-61)66-48-55(38-39-74-66)54-30-20-33-60(43-54)73(4,5)59-31-16-9-17-32-59)62-34-21-35-68-69(62)75-71(65-47-56(51-24-10-6-11-25-51)46-64(70(65)77)53-28-14-8-15-29-53)76(68)67-37-36-50(40-49-22-18-19-23-49)41-63(67)52-26-12-7-13-27-52;/h6-17,20-21,24-39,41,43-49,77H,18-19,22-23,40H2,1-5H3;/q-1;/i40D2;. The molecule has 1 aliphatic carbocycles. The molecule has 0 bridgehead atoms. The molecule has 0 amide bonds. The third-order valence-corrected chi connectivity index (χ3v) is 15.8. The predicted molar refractivity (Wildman–Crippen MR) is 320 cm³/mol. The smallest absolute Gasteiger partial charge is 0.148 e. The zero-order valence-electron chi connectivity index (χ0n) is 46.9. The SMILES string of the molecule is [2H]C([2H])(c1ccc(-n2c(-c3cc(-c4ccccc4)cc(-c4ccccc4)c3O)nc3c(-c4[c-]c(-c5cc(-c6cccc(C(C)(C)c7ccccc7)c6)ccn5)cc(C(C)(C)C)c4)cccc32)c(-c2ccccc2)c1)C1CCCC1.[Pt]. The summed E-state index contributed by atoms with van der Waals surface area (Å²) in [4.78, 5) is 10.8. The zero-order chi connectivity index (χ0) is 54.5. The summed E-state index contributed by atoms with van der Waals surface area (Å²) >= 11 is 0. The Labute approximate surface area is 477 Å². The maximum absolute atomic E-state index is 12.9. The van der Waals surface area contributed by atoms with Crippen molar-refractivity contribution in [1.82, 2.24) is 14.5 Å². The van der Waals surface area contributed by atoms with Crippen LogP contribution >= 0.6 is 0 Å². The Morgan fingerprint density at radius 2 is 1.12 bits per heavy atom. The molecule has 12 rings (SSSR count). The molecule has 78 heavy (non-hydrogen) atoms. The first-order chi connectivity index (χ1) is 38.2. The topological polar surface area (TPSA) is 50.9 Å². The first-order valence-electron chi connectivity index (χ1n) is 28.1. The quantitative estimate of drug-likeness (QED) is 0.124. The Kier molecular flexibility index (Phi) is 13.9. The van der Waals surface area contributed by atoms with Gasteiger partial charge in [0.1, 0.15) is 11.6 Å². The predicted octanol–water partition coefficient (Wildman–Crippen LogP) is 18.9. The van der Waals surface area contributed by atoms with Crippen LogP contribution in [0.3, 0.4) is 0 Å². The Hall–Kier alpha value is -7.91. The van der Waals surface area contributed by atoms with Gasteiger partial charge >= 0.3 is 0 Å². The van der Waals surface area contributed by atoms with Gasteiger partial charge in [-0.05, 0) is 104 Å². The van der Waals surface area contributed by atoms with Crippen LogP contribution in [-0.2, 0) is 38.3 Å². The molecule has 11 aromatic rings. The number of pyridine rings is 1. The van der Waals surface area contributed by atoms with Crippen molar-refractivity contribution < 1.29 is 28.9 Å². The second-order valence-corrected chi connectivity index (χ2v) is 22.3. The summed E-state index contributed by atoms with van der Waals surface area (Å²) in [6.07, 6.45) is 4.20. The maximum atomic E-state index is 12.9. The molecule has 0 atom stereocenters. The van der Waals surface area contributed by atoms with Gasteiger partial charge in [0.15, 0.2) is 0 Å². The van der Waals surface area contributed by atoms with Crippen molar-refractivity contribution in [3.05, 3.63) is 253 Å². The molecule has 0 unspecified atom stereocenters. The number of rotatable bonds is 12. The number of fused-ring (bicyclic) bond motifs is 1. The van der Waals surface area contributed by atoms with E-state index in [-0.39, 0.29) is 43.6 Å². The molecule has 4 nitrogen and oxygen atoms in total. The minimum Gasteiger partial charge on any atom is -0.507 e. The van der Waals surface area contributed by atoms with Gasteiger partial charge in [0.25, 0.3) is 0 Å². The summed E-state index contributed by atoms with van der Waals surface area (Å²) in [7, 11) is 0. The van der Waals surface area contributed by atoms with Crippen molar-refractivity contribution in [2.45, 2.75) is 77.5 Å². The number of imidazole rings is 1. The molecule has 2 heterocycles. The first-order valence-corrected chi connectivity index (χ1v) is 27.1. The number of aromatic nitrogens is 3. The molecule has 1 saturated carbocycles. The number of nitrogens with zero attached hydrogens (tertiary/aromatic N) is 3. The number of benzene rings is 9. The molecule has 0 radical (unpaired) electrons. The minimum atomic E-state index is -1.53. The minimum absolute atomic E-state index is 0. The van der Waals surface area contributed by atoms with Crippen LogP contribution in [0, 0.1) is 12.0 Å². The van der Waals surface area contributed by atoms with Crippen LogP contribution in [0.4, 0.5) is 0 Å². The van der Waals surface area contributed by atoms with Crippen molar-refractivity contribution in [3.8, 4) is 89.7 Å². The maximum Gasteiger partial charge on any atom is 0.148 e. The van der Waals surface area contributed by atoms with E-state index in [9.17, 15) is 7.85 Å². The average molecular weight is 1200 g/mol. The summed E-state index contributed by atoms with van der Waals surface area (Å²) in [5.74, 6) is 0.607. The van der Waals surface area contributed by atoms with Gasteiger partial charge in [-0.15, -0.1) is 29.3 Å². The molecule has 1 aliphatic rings. The van der Waals surface area contributed by atoms with E-state index in [1.165, 1.54) is 11.1 Å². The fourth-order valence-electron chi connectivity index (χ4n) is 11.3. The van der Waals surface area contributed by atoms with Gasteiger partial charge in [-0.25, -0.2) is 4.98 Å². The summed E-state index contributed by atoms with van der Waals surface area (Å²) in [5, 5.41) is 12.9. The van der Waals surface area contributed by atoms with Gasteiger partial charge in [-0.2, -0.15) is 0 Å². The molecule has 0 saturated heterocycles. The number of hydrogen-bond donors (Lipinski definition) is 1. The summed E-state index contributed by atoms with van der Waals surface area (Å²) in [5.41, 5.74) is 17.8. The van der Waals surface area contributed by atoms with Gasteiger partial charge < -0.3 is 5.11 Å². The van der Waals surface area contributed by atoms with Crippen LogP contribution in [0.5, 0.6) is 5.75 Å². The monoisotopic (exact) mass is 1200 g/mol. The van der Waals surface area contributed by atoms with E-state index in [1.807, 2.05) is 79.0 Å². The second-order valence-electron chi connectivity index (χ2n) is 22.3. The van der Waals surface area contributed by atoms with Crippen molar-refractivity contribution in [2.75, 3.05) is 0 Å².